The van der Waals surface area contributed by atoms with Gasteiger partial charge in [-0.1, -0.05) is 23.2 Å². The monoisotopic (exact) mass is 484 g/mol. The number of thioether (sulfide) groups is 1. The number of hydrogen-bond acceptors (Lipinski definition) is 5. The highest BCUT2D eigenvalue weighted by Gasteiger charge is 2.23. The number of benzene rings is 2. The first kappa shape index (κ1) is 23.8. The quantitative estimate of drug-likeness (QED) is 0.274. The lowest BCUT2D eigenvalue weighted by Crippen LogP contribution is -2.12. The van der Waals surface area contributed by atoms with E-state index in [4.69, 9.17) is 33.0 Å². The summed E-state index contributed by atoms with van der Waals surface area (Å²) < 4.78 is 33.9. The molecule has 4 nitrogen and oxygen atoms in total. The molecule has 0 bridgehead atoms. The van der Waals surface area contributed by atoms with Gasteiger partial charge in [0, 0.05) is 28.2 Å². The van der Waals surface area contributed by atoms with Crippen LogP contribution in [0.15, 0.2) is 59.6 Å². The van der Waals surface area contributed by atoms with Gasteiger partial charge in [-0.05, 0) is 54.1 Å². The van der Waals surface area contributed by atoms with Crippen LogP contribution in [-0.4, -0.2) is 36.5 Å². The van der Waals surface area contributed by atoms with Crippen LogP contribution in [0.1, 0.15) is 16.4 Å². The van der Waals surface area contributed by atoms with E-state index in [1.54, 1.807) is 18.2 Å². The number of halogens is 4. The molecule has 3 aromatic rings. The van der Waals surface area contributed by atoms with Gasteiger partial charge in [-0.15, -0.1) is 11.8 Å². The Morgan fingerprint density at radius 3 is 2.55 bits per heavy atom. The molecule has 0 aliphatic rings. The molecule has 2 N–H and O–H groups in total. The van der Waals surface area contributed by atoms with E-state index in [1.165, 1.54) is 24.0 Å². The SMILES string of the molecule is OCCOCCNc1cc(C(Sc2ccc(Cl)cc2)c2cc(F)ccc2F)c(Cl)cn1. The molecule has 0 aliphatic carbocycles. The molecule has 164 valence electrons. The molecule has 1 atom stereocenters. The van der Waals surface area contributed by atoms with Crippen molar-refractivity contribution in [2.24, 2.45) is 0 Å². The van der Waals surface area contributed by atoms with Crippen LogP contribution in [0.5, 0.6) is 0 Å². The summed E-state index contributed by atoms with van der Waals surface area (Å²) in [6.07, 6.45) is 1.47. The van der Waals surface area contributed by atoms with E-state index in [-0.39, 0.29) is 18.8 Å². The van der Waals surface area contributed by atoms with Gasteiger partial charge in [-0.3, -0.25) is 0 Å². The Kier molecular flexibility index (Phi) is 8.92. The molecule has 31 heavy (non-hydrogen) atoms. The largest absolute Gasteiger partial charge is 0.394 e. The average molecular weight is 485 g/mol. The first-order valence-electron chi connectivity index (χ1n) is 9.43. The van der Waals surface area contributed by atoms with Crippen molar-refractivity contribution < 1.29 is 18.6 Å². The van der Waals surface area contributed by atoms with Gasteiger partial charge >= 0.3 is 0 Å². The molecule has 0 radical (unpaired) electrons. The zero-order valence-corrected chi connectivity index (χ0v) is 18.7. The van der Waals surface area contributed by atoms with Crippen molar-refractivity contribution in [2.45, 2.75) is 10.1 Å². The first-order chi connectivity index (χ1) is 15.0. The van der Waals surface area contributed by atoms with E-state index in [0.717, 1.165) is 17.0 Å². The predicted molar refractivity (Wildman–Crippen MR) is 121 cm³/mol. The van der Waals surface area contributed by atoms with Crippen molar-refractivity contribution in [1.29, 1.82) is 0 Å². The number of nitrogens with zero attached hydrogens (tertiary/aromatic N) is 1. The first-order valence-corrected chi connectivity index (χ1v) is 11.1. The molecule has 0 aliphatic heterocycles. The number of aliphatic hydroxyl groups excluding tert-OH is 1. The number of rotatable bonds is 10. The van der Waals surface area contributed by atoms with E-state index < -0.39 is 16.9 Å². The fourth-order valence-corrected chi connectivity index (χ4v) is 4.43. The van der Waals surface area contributed by atoms with Crippen molar-refractivity contribution in [2.75, 3.05) is 31.7 Å². The Balaban J connectivity index is 1.93. The van der Waals surface area contributed by atoms with Gasteiger partial charge in [0.2, 0.25) is 0 Å². The van der Waals surface area contributed by atoms with Gasteiger partial charge < -0.3 is 15.2 Å². The molecule has 1 heterocycles. The summed E-state index contributed by atoms with van der Waals surface area (Å²) >= 11 is 13.7. The molecule has 3 rings (SSSR count). The minimum absolute atomic E-state index is 0.0495. The maximum absolute atomic E-state index is 14.7. The Morgan fingerprint density at radius 2 is 1.81 bits per heavy atom. The number of hydrogen-bond donors (Lipinski definition) is 2. The average Bonchev–Trinajstić information content (AvgIpc) is 2.76. The fraction of sp³-hybridized carbons (Fsp3) is 0.227. The predicted octanol–water partition coefficient (Wildman–Crippen LogP) is 5.97. The van der Waals surface area contributed by atoms with Gasteiger partial charge in [-0.2, -0.15) is 0 Å². The normalized spacial score (nSPS) is 12.0. The lowest BCUT2D eigenvalue weighted by atomic mass is 10.0. The summed E-state index contributed by atoms with van der Waals surface area (Å²) in [6.45, 7) is 1.03. The number of pyridine rings is 1. The van der Waals surface area contributed by atoms with Crippen LogP contribution < -0.4 is 5.32 Å². The Morgan fingerprint density at radius 1 is 1.03 bits per heavy atom. The fourth-order valence-electron chi connectivity index (χ4n) is 2.83. The second-order valence-electron chi connectivity index (χ2n) is 6.47. The molecular formula is C22H20Cl2F2N2O2S. The second kappa shape index (κ2) is 11.6. The minimum atomic E-state index is -0.626. The molecule has 1 aromatic heterocycles. The van der Waals surface area contributed by atoms with Crippen molar-refractivity contribution in [3.63, 3.8) is 0 Å². The van der Waals surface area contributed by atoms with Crippen molar-refractivity contribution in [3.8, 4) is 0 Å². The van der Waals surface area contributed by atoms with Crippen LogP contribution in [-0.2, 0) is 4.74 Å². The lowest BCUT2D eigenvalue weighted by molar-refractivity contribution is 0.0992. The molecule has 0 fully saturated rings. The summed E-state index contributed by atoms with van der Waals surface area (Å²) in [4.78, 5) is 5.07. The van der Waals surface area contributed by atoms with Crippen LogP contribution >= 0.6 is 35.0 Å². The highest BCUT2D eigenvalue weighted by atomic mass is 35.5. The topological polar surface area (TPSA) is 54.4 Å². The standard InChI is InChI=1S/C22H20Cl2F2N2O2S/c23-14-1-4-16(5-2-14)31-22(18-11-15(25)3-6-20(18)26)17-12-21(28-13-19(17)24)27-7-9-30-10-8-29/h1-6,11-13,22,29H,7-10H2,(H,27,28). The van der Waals surface area contributed by atoms with Crippen LogP contribution in [0.4, 0.5) is 14.6 Å². The van der Waals surface area contributed by atoms with Crippen molar-refractivity contribution in [3.05, 3.63) is 87.5 Å². The van der Waals surface area contributed by atoms with Crippen LogP contribution in [0.25, 0.3) is 0 Å². The summed E-state index contributed by atoms with van der Waals surface area (Å²) in [7, 11) is 0. The third-order valence-electron chi connectivity index (χ3n) is 4.26. The molecule has 2 aromatic carbocycles. The smallest absolute Gasteiger partial charge is 0.128 e. The maximum atomic E-state index is 14.7. The van der Waals surface area contributed by atoms with E-state index >= 15 is 0 Å². The molecule has 9 heteroatoms. The zero-order chi connectivity index (χ0) is 22.2. The third-order valence-corrected chi connectivity index (χ3v) is 6.12. The molecule has 0 amide bonds. The summed E-state index contributed by atoms with van der Waals surface area (Å²) in [5, 5.41) is 12.1. The Bertz CT molecular complexity index is 1010. The number of nitrogens with one attached hydrogen (secondary N) is 1. The molecule has 0 spiro atoms. The molecule has 0 saturated heterocycles. The van der Waals surface area contributed by atoms with Crippen LogP contribution in [0.2, 0.25) is 10.0 Å². The summed E-state index contributed by atoms with van der Waals surface area (Å²) in [5.41, 5.74) is 0.755. The Labute approximate surface area is 193 Å². The summed E-state index contributed by atoms with van der Waals surface area (Å²) in [5.74, 6) is -0.555. The number of anilines is 1. The number of aliphatic hydroxyl groups is 1. The van der Waals surface area contributed by atoms with Gasteiger partial charge in [0.1, 0.15) is 17.5 Å². The van der Waals surface area contributed by atoms with Gasteiger partial charge in [0.05, 0.1) is 30.1 Å². The van der Waals surface area contributed by atoms with Crippen LogP contribution in [0, 0.1) is 11.6 Å². The van der Waals surface area contributed by atoms with Crippen LogP contribution in [0.3, 0.4) is 0 Å². The minimum Gasteiger partial charge on any atom is -0.394 e. The Hall–Kier alpha value is -1.90. The molecular weight excluding hydrogens is 465 g/mol. The zero-order valence-electron chi connectivity index (χ0n) is 16.3. The molecule has 0 saturated carbocycles. The number of aromatic nitrogens is 1. The highest BCUT2D eigenvalue weighted by molar-refractivity contribution is 7.99. The van der Waals surface area contributed by atoms with Gasteiger partial charge in [0.15, 0.2) is 0 Å². The molecule has 1 unspecified atom stereocenters. The van der Waals surface area contributed by atoms with Crippen molar-refractivity contribution in [1.82, 2.24) is 4.98 Å². The summed E-state index contributed by atoms with van der Waals surface area (Å²) in [6, 6.07) is 12.2. The van der Waals surface area contributed by atoms with E-state index in [0.29, 0.717) is 34.6 Å². The van der Waals surface area contributed by atoms with E-state index in [2.05, 4.69) is 10.3 Å². The number of ether oxygens (including phenoxy) is 1. The van der Waals surface area contributed by atoms with Crippen molar-refractivity contribution >= 4 is 40.8 Å². The third kappa shape index (κ3) is 6.79. The highest BCUT2D eigenvalue weighted by Crippen LogP contribution is 2.44. The van der Waals surface area contributed by atoms with Gasteiger partial charge in [0.25, 0.3) is 0 Å². The van der Waals surface area contributed by atoms with E-state index in [9.17, 15) is 8.78 Å². The van der Waals surface area contributed by atoms with E-state index in [1.807, 2.05) is 12.1 Å². The lowest BCUT2D eigenvalue weighted by Gasteiger charge is -2.20. The van der Waals surface area contributed by atoms with Gasteiger partial charge in [-0.25, -0.2) is 13.8 Å². The second-order valence-corrected chi connectivity index (χ2v) is 8.49. The maximum Gasteiger partial charge on any atom is 0.128 e.